The third kappa shape index (κ3) is 3.83. The van der Waals surface area contributed by atoms with Crippen LogP contribution in [0, 0.1) is 18.3 Å². The van der Waals surface area contributed by atoms with Gasteiger partial charge in [0.2, 0.25) is 9.84 Å². The summed E-state index contributed by atoms with van der Waals surface area (Å²) in [6, 6.07) is 11.9. The van der Waals surface area contributed by atoms with Gasteiger partial charge in [0, 0.05) is 17.5 Å². The van der Waals surface area contributed by atoms with E-state index in [0.717, 1.165) is 17.5 Å². The van der Waals surface area contributed by atoms with Gasteiger partial charge in [-0.05, 0) is 51.1 Å². The van der Waals surface area contributed by atoms with Gasteiger partial charge in [-0.1, -0.05) is 17.7 Å². The van der Waals surface area contributed by atoms with Crippen molar-refractivity contribution in [2.75, 3.05) is 6.61 Å². The van der Waals surface area contributed by atoms with E-state index in [4.69, 9.17) is 9.47 Å². The number of aryl methyl sites for hydroxylation is 1. The van der Waals surface area contributed by atoms with Gasteiger partial charge >= 0.3 is 0 Å². The number of nitriles is 1. The summed E-state index contributed by atoms with van der Waals surface area (Å²) in [4.78, 5) is -0.247. The molecule has 0 aliphatic carbocycles. The topological polar surface area (TPSA) is 76.4 Å². The maximum atomic E-state index is 12.9. The Balaban J connectivity index is 2.09. The molecule has 27 heavy (non-hydrogen) atoms. The average molecular weight is 383 g/mol. The molecule has 0 amide bonds. The van der Waals surface area contributed by atoms with Crippen molar-refractivity contribution >= 4 is 15.9 Å². The Kier molecular flexibility index (Phi) is 5.24. The fourth-order valence-corrected chi connectivity index (χ4v) is 4.15. The maximum Gasteiger partial charge on any atom is 0.216 e. The molecule has 1 aliphatic heterocycles. The Bertz CT molecular complexity index is 1030. The zero-order valence-corrected chi connectivity index (χ0v) is 16.3. The number of allylic oxidation sites excluding steroid dienone is 1. The van der Waals surface area contributed by atoms with Gasteiger partial charge in [-0.15, -0.1) is 0 Å². The zero-order chi connectivity index (χ0) is 19.6. The molecule has 140 valence electrons. The minimum atomic E-state index is -3.92. The van der Waals surface area contributed by atoms with Gasteiger partial charge in [0.05, 0.1) is 11.5 Å². The standard InChI is InChI=1S/C21H21NO4S/c1-4-25-20-11-16-9-15(3)26-21(16)12-17(20)10-19(13-22)27(23,24)18-7-5-14(2)6-8-18/h5-8,10-12,15H,4,9H2,1-3H3. The second-order valence-corrected chi connectivity index (χ2v) is 8.42. The van der Waals surface area contributed by atoms with Crippen LogP contribution in [0.3, 0.4) is 0 Å². The first-order valence-electron chi connectivity index (χ1n) is 8.75. The van der Waals surface area contributed by atoms with Crippen LogP contribution in [0.25, 0.3) is 6.08 Å². The van der Waals surface area contributed by atoms with E-state index < -0.39 is 9.84 Å². The lowest BCUT2D eigenvalue weighted by Crippen LogP contribution is -2.05. The van der Waals surface area contributed by atoms with Gasteiger partial charge in [-0.25, -0.2) is 8.42 Å². The van der Waals surface area contributed by atoms with Crippen molar-refractivity contribution in [1.29, 1.82) is 5.26 Å². The second-order valence-electron chi connectivity index (χ2n) is 6.50. The molecule has 0 fully saturated rings. The minimum Gasteiger partial charge on any atom is -0.493 e. The van der Waals surface area contributed by atoms with E-state index in [2.05, 4.69) is 0 Å². The smallest absolute Gasteiger partial charge is 0.216 e. The number of sulfone groups is 1. The third-order valence-corrected chi connectivity index (χ3v) is 6.03. The van der Waals surface area contributed by atoms with Crippen molar-refractivity contribution < 1.29 is 17.9 Å². The molecule has 1 aliphatic rings. The molecule has 0 saturated carbocycles. The predicted molar refractivity (Wildman–Crippen MR) is 103 cm³/mol. The summed E-state index contributed by atoms with van der Waals surface area (Å²) >= 11 is 0. The lowest BCUT2D eigenvalue weighted by atomic mass is 10.1. The highest BCUT2D eigenvalue weighted by atomic mass is 32.2. The number of nitrogens with zero attached hydrogens (tertiary/aromatic N) is 1. The summed E-state index contributed by atoms with van der Waals surface area (Å²) in [7, 11) is -3.92. The highest BCUT2D eigenvalue weighted by Gasteiger charge is 2.24. The summed E-state index contributed by atoms with van der Waals surface area (Å²) in [6.45, 7) is 6.13. The molecule has 6 heteroatoms. The van der Waals surface area contributed by atoms with E-state index in [-0.39, 0.29) is 15.9 Å². The summed E-state index contributed by atoms with van der Waals surface area (Å²) in [6.07, 6.45) is 2.18. The summed E-state index contributed by atoms with van der Waals surface area (Å²) in [5.74, 6) is 1.24. The molecule has 0 radical (unpaired) electrons. The monoisotopic (exact) mass is 383 g/mol. The second kappa shape index (κ2) is 7.45. The van der Waals surface area contributed by atoms with Crippen molar-refractivity contribution in [3.63, 3.8) is 0 Å². The summed E-state index contributed by atoms with van der Waals surface area (Å²) in [5.41, 5.74) is 2.47. The van der Waals surface area contributed by atoms with E-state index in [1.165, 1.54) is 18.2 Å². The number of hydrogen-bond donors (Lipinski definition) is 0. The Hall–Kier alpha value is -2.78. The van der Waals surface area contributed by atoms with Gasteiger partial charge in [-0.2, -0.15) is 5.26 Å². The fourth-order valence-electron chi connectivity index (χ4n) is 3.00. The number of hydrogen-bond acceptors (Lipinski definition) is 5. The lowest BCUT2D eigenvalue weighted by molar-refractivity contribution is 0.254. The van der Waals surface area contributed by atoms with E-state index in [1.807, 2.05) is 32.9 Å². The van der Waals surface area contributed by atoms with Crippen LogP contribution in [0.5, 0.6) is 11.5 Å². The van der Waals surface area contributed by atoms with E-state index in [1.54, 1.807) is 18.2 Å². The van der Waals surface area contributed by atoms with Crippen LogP contribution >= 0.6 is 0 Å². The molecule has 0 saturated heterocycles. The number of rotatable bonds is 5. The Morgan fingerprint density at radius 1 is 1.33 bits per heavy atom. The first-order chi connectivity index (χ1) is 12.8. The van der Waals surface area contributed by atoms with Crippen molar-refractivity contribution in [3.05, 3.63) is 58.0 Å². The molecule has 2 aromatic carbocycles. The normalized spacial score (nSPS) is 16.4. The largest absolute Gasteiger partial charge is 0.493 e. The molecule has 2 aromatic rings. The first kappa shape index (κ1) is 19.0. The molecule has 1 atom stereocenters. The van der Waals surface area contributed by atoms with Gasteiger partial charge in [-0.3, -0.25) is 0 Å². The van der Waals surface area contributed by atoms with Gasteiger partial charge in [0.1, 0.15) is 28.6 Å². The number of fused-ring (bicyclic) bond motifs is 1. The Labute approximate surface area is 159 Å². The van der Waals surface area contributed by atoms with Crippen LogP contribution in [0.4, 0.5) is 0 Å². The molecule has 1 heterocycles. The molecule has 1 unspecified atom stereocenters. The quantitative estimate of drug-likeness (QED) is 0.728. The summed E-state index contributed by atoms with van der Waals surface area (Å²) < 4.78 is 37.2. The van der Waals surface area contributed by atoms with Crippen LogP contribution in [-0.2, 0) is 16.3 Å². The van der Waals surface area contributed by atoms with Crippen molar-refractivity contribution in [3.8, 4) is 17.6 Å². The van der Waals surface area contributed by atoms with Crippen LogP contribution in [0.1, 0.15) is 30.5 Å². The number of ether oxygens (including phenoxy) is 2. The first-order valence-corrected chi connectivity index (χ1v) is 10.2. The van der Waals surface area contributed by atoms with Crippen molar-refractivity contribution in [2.24, 2.45) is 0 Å². The SMILES string of the molecule is CCOc1cc2c(cc1C=C(C#N)S(=O)(=O)c1ccc(C)cc1)OC(C)C2. The van der Waals surface area contributed by atoms with E-state index in [9.17, 15) is 13.7 Å². The number of benzene rings is 2. The van der Waals surface area contributed by atoms with E-state index in [0.29, 0.717) is 23.7 Å². The third-order valence-electron chi connectivity index (χ3n) is 4.35. The Morgan fingerprint density at radius 3 is 2.67 bits per heavy atom. The van der Waals surface area contributed by atoms with Crippen LogP contribution in [0.15, 0.2) is 46.2 Å². The zero-order valence-electron chi connectivity index (χ0n) is 15.5. The highest BCUT2D eigenvalue weighted by Crippen LogP contribution is 2.36. The van der Waals surface area contributed by atoms with Crippen LogP contribution in [0.2, 0.25) is 0 Å². The molecule has 0 bridgehead atoms. The van der Waals surface area contributed by atoms with Gasteiger partial charge < -0.3 is 9.47 Å². The Morgan fingerprint density at radius 2 is 2.04 bits per heavy atom. The van der Waals surface area contributed by atoms with Crippen molar-refractivity contribution in [2.45, 2.75) is 38.2 Å². The van der Waals surface area contributed by atoms with Crippen molar-refractivity contribution in [1.82, 2.24) is 0 Å². The molecule has 0 spiro atoms. The molecule has 0 aromatic heterocycles. The van der Waals surface area contributed by atoms with Crippen LogP contribution < -0.4 is 9.47 Å². The molecular formula is C21H21NO4S. The lowest BCUT2D eigenvalue weighted by Gasteiger charge is -2.11. The van der Waals surface area contributed by atoms with Gasteiger partial charge in [0.25, 0.3) is 0 Å². The maximum absolute atomic E-state index is 12.9. The average Bonchev–Trinajstić information content (AvgIpc) is 2.99. The van der Waals surface area contributed by atoms with Gasteiger partial charge in [0.15, 0.2) is 0 Å². The minimum absolute atomic E-state index is 0.0560. The molecular weight excluding hydrogens is 362 g/mol. The van der Waals surface area contributed by atoms with Crippen LogP contribution in [-0.4, -0.2) is 21.1 Å². The summed E-state index contributed by atoms with van der Waals surface area (Å²) in [5, 5.41) is 9.53. The molecule has 5 nitrogen and oxygen atoms in total. The highest BCUT2D eigenvalue weighted by molar-refractivity contribution is 7.95. The molecule has 0 N–H and O–H groups in total. The molecule has 3 rings (SSSR count). The fraction of sp³-hybridized carbons (Fsp3) is 0.286. The van der Waals surface area contributed by atoms with E-state index >= 15 is 0 Å². The predicted octanol–water partition coefficient (Wildman–Crippen LogP) is 4.06.